The Morgan fingerprint density at radius 3 is 2.64 bits per heavy atom. The van der Waals surface area contributed by atoms with Crippen LogP contribution in [0.4, 0.5) is 4.39 Å². The molecule has 0 aliphatic heterocycles. The fourth-order valence-corrected chi connectivity index (χ4v) is 0.892. The monoisotopic (exact) mass is 190 g/mol. The SMILES string of the molecule is C/C(C#Cc1ccc(F)cc1)=C/CO. The van der Waals surface area contributed by atoms with Gasteiger partial charge in [0.2, 0.25) is 0 Å². The summed E-state index contributed by atoms with van der Waals surface area (Å²) in [5.74, 6) is 5.44. The smallest absolute Gasteiger partial charge is 0.123 e. The van der Waals surface area contributed by atoms with E-state index in [1.54, 1.807) is 18.2 Å². The molecule has 0 fully saturated rings. The molecule has 1 rings (SSSR count). The van der Waals surface area contributed by atoms with Crippen LogP contribution in [0.3, 0.4) is 0 Å². The van der Waals surface area contributed by atoms with Gasteiger partial charge in [-0.1, -0.05) is 11.8 Å². The van der Waals surface area contributed by atoms with Crippen molar-refractivity contribution < 1.29 is 9.50 Å². The molecule has 0 saturated carbocycles. The third kappa shape index (κ3) is 3.42. The molecule has 0 atom stereocenters. The van der Waals surface area contributed by atoms with Crippen LogP contribution < -0.4 is 0 Å². The second kappa shape index (κ2) is 5.21. The molecule has 1 aromatic carbocycles. The molecule has 14 heavy (non-hydrogen) atoms. The maximum atomic E-state index is 12.5. The summed E-state index contributed by atoms with van der Waals surface area (Å²) in [7, 11) is 0. The summed E-state index contributed by atoms with van der Waals surface area (Å²) in [6.45, 7) is 1.80. The molecule has 0 bridgehead atoms. The Labute approximate surface area is 82.9 Å². The number of hydrogen-bond donors (Lipinski definition) is 1. The lowest BCUT2D eigenvalue weighted by atomic mass is 10.2. The highest BCUT2D eigenvalue weighted by atomic mass is 19.1. The van der Waals surface area contributed by atoms with Crippen LogP contribution >= 0.6 is 0 Å². The Kier molecular flexibility index (Phi) is 3.90. The normalized spacial score (nSPS) is 10.6. The zero-order valence-corrected chi connectivity index (χ0v) is 7.92. The summed E-state index contributed by atoms with van der Waals surface area (Å²) >= 11 is 0. The Morgan fingerprint density at radius 2 is 2.07 bits per heavy atom. The lowest BCUT2D eigenvalue weighted by Gasteiger charge is -1.89. The molecule has 1 aromatic rings. The molecular weight excluding hydrogens is 179 g/mol. The number of aliphatic hydroxyl groups is 1. The molecule has 0 aliphatic carbocycles. The molecule has 0 saturated heterocycles. The zero-order chi connectivity index (χ0) is 10.4. The minimum Gasteiger partial charge on any atom is -0.392 e. The van der Waals surface area contributed by atoms with Gasteiger partial charge in [0.1, 0.15) is 5.82 Å². The number of halogens is 1. The van der Waals surface area contributed by atoms with E-state index in [1.807, 2.05) is 6.92 Å². The van der Waals surface area contributed by atoms with Gasteiger partial charge in [-0.25, -0.2) is 4.39 Å². The topological polar surface area (TPSA) is 20.2 Å². The van der Waals surface area contributed by atoms with Crippen molar-refractivity contribution in [2.75, 3.05) is 6.61 Å². The van der Waals surface area contributed by atoms with Gasteiger partial charge in [0, 0.05) is 5.56 Å². The van der Waals surface area contributed by atoms with Crippen molar-refractivity contribution in [3.05, 3.63) is 47.3 Å². The van der Waals surface area contributed by atoms with Crippen LogP contribution in [0.1, 0.15) is 12.5 Å². The predicted molar refractivity (Wildman–Crippen MR) is 54.1 cm³/mol. The molecule has 0 amide bonds. The summed E-state index contributed by atoms with van der Waals surface area (Å²) in [4.78, 5) is 0. The van der Waals surface area contributed by atoms with Gasteiger partial charge in [0.15, 0.2) is 0 Å². The van der Waals surface area contributed by atoms with E-state index >= 15 is 0 Å². The molecule has 0 spiro atoms. The maximum absolute atomic E-state index is 12.5. The summed E-state index contributed by atoms with van der Waals surface area (Å²) in [6.07, 6.45) is 1.62. The molecule has 0 heterocycles. The van der Waals surface area contributed by atoms with Gasteiger partial charge in [-0.15, -0.1) is 0 Å². The van der Waals surface area contributed by atoms with Gasteiger partial charge >= 0.3 is 0 Å². The zero-order valence-electron chi connectivity index (χ0n) is 7.92. The summed E-state index contributed by atoms with van der Waals surface area (Å²) < 4.78 is 12.5. The number of rotatable bonds is 1. The van der Waals surface area contributed by atoms with Crippen molar-refractivity contribution in [2.45, 2.75) is 6.92 Å². The van der Waals surface area contributed by atoms with Gasteiger partial charge < -0.3 is 5.11 Å². The van der Waals surface area contributed by atoms with Gasteiger partial charge in [0.25, 0.3) is 0 Å². The van der Waals surface area contributed by atoms with Crippen LogP contribution in [-0.4, -0.2) is 11.7 Å². The molecule has 1 nitrogen and oxygen atoms in total. The van der Waals surface area contributed by atoms with Crippen LogP contribution in [0.5, 0.6) is 0 Å². The first-order valence-corrected chi connectivity index (χ1v) is 4.27. The van der Waals surface area contributed by atoms with E-state index in [2.05, 4.69) is 11.8 Å². The van der Waals surface area contributed by atoms with Crippen LogP contribution in [0.15, 0.2) is 35.9 Å². The average Bonchev–Trinajstić information content (AvgIpc) is 2.17. The molecule has 2 heteroatoms. The summed E-state index contributed by atoms with van der Waals surface area (Å²) in [5, 5.41) is 8.58. The second-order valence-electron chi connectivity index (χ2n) is 2.83. The molecular formula is C12H11FO. The molecule has 0 radical (unpaired) electrons. The van der Waals surface area contributed by atoms with Crippen molar-refractivity contribution in [3.63, 3.8) is 0 Å². The van der Waals surface area contributed by atoms with E-state index in [9.17, 15) is 4.39 Å². The molecule has 72 valence electrons. The van der Waals surface area contributed by atoms with Crippen molar-refractivity contribution in [3.8, 4) is 11.8 Å². The Hall–Kier alpha value is -1.59. The second-order valence-corrected chi connectivity index (χ2v) is 2.83. The average molecular weight is 190 g/mol. The van der Waals surface area contributed by atoms with Gasteiger partial charge in [-0.05, 0) is 42.8 Å². The van der Waals surface area contributed by atoms with E-state index < -0.39 is 0 Å². The van der Waals surface area contributed by atoms with Gasteiger partial charge in [0.05, 0.1) is 6.61 Å². The highest BCUT2D eigenvalue weighted by molar-refractivity contribution is 5.39. The lowest BCUT2D eigenvalue weighted by molar-refractivity contribution is 0.342. The Balaban J connectivity index is 2.78. The van der Waals surface area contributed by atoms with E-state index in [-0.39, 0.29) is 12.4 Å². The minimum atomic E-state index is -0.266. The predicted octanol–water partition coefficient (Wildman–Crippen LogP) is 2.12. The van der Waals surface area contributed by atoms with E-state index in [0.717, 1.165) is 11.1 Å². The number of allylic oxidation sites excluding steroid dienone is 1. The quantitative estimate of drug-likeness (QED) is 0.672. The molecule has 0 unspecified atom stereocenters. The van der Waals surface area contributed by atoms with Crippen molar-refractivity contribution >= 4 is 0 Å². The third-order valence-electron chi connectivity index (χ3n) is 1.65. The van der Waals surface area contributed by atoms with Crippen LogP contribution in [0.2, 0.25) is 0 Å². The highest BCUT2D eigenvalue weighted by Crippen LogP contribution is 2.01. The number of benzene rings is 1. The maximum Gasteiger partial charge on any atom is 0.123 e. The first-order chi connectivity index (χ1) is 6.72. The van der Waals surface area contributed by atoms with Gasteiger partial charge in [-0.2, -0.15) is 0 Å². The van der Waals surface area contributed by atoms with Crippen molar-refractivity contribution in [2.24, 2.45) is 0 Å². The largest absolute Gasteiger partial charge is 0.392 e. The Morgan fingerprint density at radius 1 is 1.43 bits per heavy atom. The minimum absolute atomic E-state index is 0.00999. The Bertz CT molecular complexity index is 379. The summed E-state index contributed by atoms with van der Waals surface area (Å²) in [5.41, 5.74) is 1.56. The van der Waals surface area contributed by atoms with Crippen LogP contribution in [0.25, 0.3) is 0 Å². The number of hydrogen-bond acceptors (Lipinski definition) is 1. The fraction of sp³-hybridized carbons (Fsp3) is 0.167. The van der Waals surface area contributed by atoms with Crippen molar-refractivity contribution in [1.29, 1.82) is 0 Å². The first-order valence-electron chi connectivity index (χ1n) is 4.27. The van der Waals surface area contributed by atoms with Crippen molar-refractivity contribution in [1.82, 2.24) is 0 Å². The lowest BCUT2D eigenvalue weighted by Crippen LogP contribution is -1.78. The summed E-state index contributed by atoms with van der Waals surface area (Å²) in [6, 6.07) is 5.98. The molecule has 0 aromatic heterocycles. The third-order valence-corrected chi connectivity index (χ3v) is 1.65. The fourth-order valence-electron chi connectivity index (χ4n) is 0.892. The first kappa shape index (κ1) is 10.5. The molecule has 0 aliphatic rings. The van der Waals surface area contributed by atoms with E-state index in [4.69, 9.17) is 5.11 Å². The molecule has 1 N–H and O–H groups in total. The van der Waals surface area contributed by atoms with Crippen LogP contribution in [-0.2, 0) is 0 Å². The number of aliphatic hydroxyl groups excluding tert-OH is 1. The standard InChI is InChI=1S/C12H11FO/c1-10(8-9-14)2-3-11-4-6-12(13)7-5-11/h4-8,14H,9H2,1H3/b10-8-. The van der Waals surface area contributed by atoms with Crippen LogP contribution in [0, 0.1) is 17.7 Å². The van der Waals surface area contributed by atoms with E-state index in [0.29, 0.717) is 0 Å². The highest BCUT2D eigenvalue weighted by Gasteiger charge is 1.88. The van der Waals surface area contributed by atoms with E-state index in [1.165, 1.54) is 12.1 Å². The van der Waals surface area contributed by atoms with Gasteiger partial charge in [-0.3, -0.25) is 0 Å².